The number of aliphatic hydroxyl groups is 6. The van der Waals surface area contributed by atoms with Crippen molar-refractivity contribution in [1.82, 2.24) is 5.32 Å². The summed E-state index contributed by atoms with van der Waals surface area (Å²) in [6, 6.07) is 0. The predicted molar refractivity (Wildman–Crippen MR) is 65.7 cm³/mol. The number of rotatable bonds is 1. The van der Waals surface area contributed by atoms with Gasteiger partial charge in [0.15, 0.2) is 18.3 Å². The summed E-state index contributed by atoms with van der Waals surface area (Å²) in [5, 5.41) is 64.3. The van der Waals surface area contributed by atoms with E-state index in [-0.39, 0.29) is 5.96 Å². The van der Waals surface area contributed by atoms with Gasteiger partial charge in [0.25, 0.3) is 0 Å². The highest BCUT2D eigenvalue weighted by atomic mass is 16.9. The quantitative estimate of drug-likeness (QED) is 0.231. The summed E-state index contributed by atoms with van der Waals surface area (Å²) in [6.07, 6.45) is -7.77. The summed E-state index contributed by atoms with van der Waals surface area (Å²) in [5.74, 6) is -3.95. The third-order valence-electron chi connectivity index (χ3n) is 5.22. The number of hydrogen-bond acceptors (Lipinski definition) is 11. The molecule has 0 amide bonds. The molecule has 5 aliphatic rings. The molecule has 3 saturated heterocycles. The van der Waals surface area contributed by atoms with E-state index in [9.17, 15) is 30.6 Å². The molecule has 124 valence electrons. The summed E-state index contributed by atoms with van der Waals surface area (Å²) in [6.45, 7) is -0.857. The van der Waals surface area contributed by atoms with Crippen molar-refractivity contribution in [3.8, 4) is 0 Å². The number of aliphatic hydroxyl groups excluding tert-OH is 4. The lowest BCUT2D eigenvalue weighted by Gasteiger charge is -2.71. The molecule has 4 aliphatic heterocycles. The Kier molecular flexibility index (Phi) is 2.57. The van der Waals surface area contributed by atoms with E-state index in [0.717, 1.165) is 0 Å². The molecule has 0 aromatic carbocycles. The molecule has 11 heteroatoms. The fourth-order valence-corrected chi connectivity index (χ4v) is 4.24. The smallest absolute Gasteiger partial charge is 0.311 e. The van der Waals surface area contributed by atoms with E-state index in [1.165, 1.54) is 0 Å². The summed E-state index contributed by atoms with van der Waals surface area (Å²) in [5.41, 5.74) is 1.74. The molecule has 5 rings (SSSR count). The van der Waals surface area contributed by atoms with Gasteiger partial charge in [-0.2, -0.15) is 0 Å². The van der Waals surface area contributed by atoms with Crippen LogP contribution < -0.4 is 11.1 Å². The lowest BCUT2D eigenvalue weighted by molar-refractivity contribution is -0.548. The molecular formula is C11H17N3O8. The third-order valence-corrected chi connectivity index (χ3v) is 5.22. The van der Waals surface area contributed by atoms with Crippen LogP contribution in [-0.4, -0.2) is 91.0 Å². The first kappa shape index (κ1) is 14.5. The molecule has 9 atom stereocenters. The van der Waals surface area contributed by atoms with Gasteiger partial charge in [0.05, 0.1) is 12.5 Å². The zero-order valence-electron chi connectivity index (χ0n) is 11.2. The van der Waals surface area contributed by atoms with E-state index in [4.69, 9.17) is 15.2 Å². The minimum absolute atomic E-state index is 0.250. The number of nitrogens with two attached hydrogens (primary N) is 1. The first-order chi connectivity index (χ1) is 10.2. The Morgan fingerprint density at radius 2 is 1.82 bits per heavy atom. The number of hydrogen-bond donors (Lipinski definition) is 8. The van der Waals surface area contributed by atoms with Crippen LogP contribution in [0.2, 0.25) is 0 Å². The summed E-state index contributed by atoms with van der Waals surface area (Å²) >= 11 is 0. The highest BCUT2D eigenvalue weighted by molar-refractivity contribution is 5.80. The van der Waals surface area contributed by atoms with Gasteiger partial charge in [-0.15, -0.1) is 0 Å². The standard InChI is InChI=1S/C11H17N3O8/c12-8-13-6(17)2-4-9(19,1-15)5-3(16)10(2,14-8)7(18)11(20,21-4)22-5/h2-7,15-20H,1H2,(H3,12,13,14)/t2-,3-,4-,5+,6+,7-,9+,10-,11+/m1/s1. The Labute approximate surface area is 123 Å². The maximum Gasteiger partial charge on any atom is 0.311 e. The molecule has 4 heterocycles. The van der Waals surface area contributed by atoms with Gasteiger partial charge in [0.1, 0.15) is 29.5 Å². The molecule has 1 saturated carbocycles. The van der Waals surface area contributed by atoms with Crippen LogP contribution in [0, 0.1) is 5.92 Å². The monoisotopic (exact) mass is 319 g/mol. The van der Waals surface area contributed by atoms with E-state index in [1.807, 2.05) is 0 Å². The zero-order chi connectivity index (χ0) is 16.1. The summed E-state index contributed by atoms with van der Waals surface area (Å²) in [7, 11) is 0. The predicted octanol–water partition coefficient (Wildman–Crippen LogP) is -5.52. The van der Waals surface area contributed by atoms with Gasteiger partial charge in [-0.3, -0.25) is 0 Å². The highest BCUT2D eigenvalue weighted by Crippen LogP contribution is 2.58. The number of nitrogens with one attached hydrogen (secondary N) is 1. The number of aliphatic imine (C=N–C) groups is 1. The van der Waals surface area contributed by atoms with Crippen molar-refractivity contribution in [3.05, 3.63) is 0 Å². The molecule has 1 aliphatic carbocycles. The molecule has 9 N–H and O–H groups in total. The normalized spacial score (nSPS) is 62.4. The van der Waals surface area contributed by atoms with Crippen molar-refractivity contribution < 1.29 is 40.1 Å². The zero-order valence-corrected chi connectivity index (χ0v) is 11.2. The Hall–Kier alpha value is -1.05. The van der Waals surface area contributed by atoms with Gasteiger partial charge in [-0.1, -0.05) is 0 Å². The Morgan fingerprint density at radius 1 is 1.18 bits per heavy atom. The van der Waals surface area contributed by atoms with Crippen LogP contribution in [0.1, 0.15) is 0 Å². The second kappa shape index (κ2) is 3.88. The van der Waals surface area contributed by atoms with E-state index >= 15 is 0 Å². The van der Waals surface area contributed by atoms with Crippen LogP contribution in [0.15, 0.2) is 4.99 Å². The molecule has 0 aromatic rings. The van der Waals surface area contributed by atoms with E-state index in [2.05, 4.69) is 10.3 Å². The van der Waals surface area contributed by atoms with Gasteiger partial charge in [0.2, 0.25) is 0 Å². The number of nitrogens with zero attached hydrogens (tertiary/aromatic N) is 1. The van der Waals surface area contributed by atoms with Crippen LogP contribution in [0.25, 0.3) is 0 Å². The van der Waals surface area contributed by atoms with E-state index in [1.54, 1.807) is 0 Å². The first-order valence-electron chi connectivity index (χ1n) is 6.77. The fourth-order valence-electron chi connectivity index (χ4n) is 4.24. The molecular weight excluding hydrogens is 302 g/mol. The highest BCUT2D eigenvalue weighted by Gasteiger charge is 2.82. The van der Waals surface area contributed by atoms with Gasteiger partial charge in [-0.25, -0.2) is 4.99 Å². The van der Waals surface area contributed by atoms with Crippen molar-refractivity contribution in [3.63, 3.8) is 0 Å². The van der Waals surface area contributed by atoms with Gasteiger partial charge in [-0.05, 0) is 0 Å². The molecule has 4 bridgehead atoms. The van der Waals surface area contributed by atoms with Crippen LogP contribution in [0.5, 0.6) is 0 Å². The molecule has 11 nitrogen and oxygen atoms in total. The van der Waals surface area contributed by atoms with Gasteiger partial charge >= 0.3 is 5.97 Å². The molecule has 4 fully saturated rings. The van der Waals surface area contributed by atoms with Crippen molar-refractivity contribution in [2.24, 2.45) is 16.6 Å². The SMILES string of the molecule is NC1=N[C@@H](O)[C@H]2[C@H]3O[C@]4(O)O[C@@H]([C@@H](O)[C@@]2(N1)[C@H]4O)[C@]3(O)CO. The topological polar surface area (TPSA) is 190 Å². The largest absolute Gasteiger partial charge is 0.393 e. The fraction of sp³-hybridized carbons (Fsp3) is 0.909. The summed E-state index contributed by atoms with van der Waals surface area (Å²) < 4.78 is 10.3. The Morgan fingerprint density at radius 3 is 2.45 bits per heavy atom. The first-order valence-corrected chi connectivity index (χ1v) is 6.77. The lowest BCUT2D eigenvalue weighted by atomic mass is 9.55. The molecule has 1 spiro atoms. The molecule has 22 heavy (non-hydrogen) atoms. The minimum Gasteiger partial charge on any atom is -0.393 e. The third kappa shape index (κ3) is 1.28. The lowest BCUT2D eigenvalue weighted by Crippen LogP contribution is -2.95. The Bertz CT molecular complexity index is 561. The maximum absolute atomic E-state index is 10.6. The molecule has 0 radical (unpaired) electrons. The molecule has 0 aromatic heterocycles. The van der Waals surface area contributed by atoms with Crippen molar-refractivity contribution in [2.45, 2.75) is 47.8 Å². The minimum atomic E-state index is -2.52. The second-order valence-electron chi connectivity index (χ2n) is 6.22. The van der Waals surface area contributed by atoms with Crippen LogP contribution in [-0.2, 0) is 9.47 Å². The van der Waals surface area contributed by atoms with Crippen LogP contribution in [0.4, 0.5) is 0 Å². The van der Waals surface area contributed by atoms with Crippen molar-refractivity contribution >= 4 is 5.96 Å². The second-order valence-corrected chi connectivity index (χ2v) is 6.22. The average molecular weight is 319 g/mol. The van der Waals surface area contributed by atoms with Crippen molar-refractivity contribution in [1.29, 1.82) is 0 Å². The summed E-state index contributed by atoms with van der Waals surface area (Å²) in [4.78, 5) is 3.70. The Balaban J connectivity index is 1.95. The maximum atomic E-state index is 10.6. The average Bonchev–Trinajstić information content (AvgIpc) is 2.45. The van der Waals surface area contributed by atoms with Crippen LogP contribution in [0.3, 0.4) is 0 Å². The van der Waals surface area contributed by atoms with Crippen molar-refractivity contribution in [2.75, 3.05) is 6.61 Å². The number of guanidine groups is 1. The van der Waals surface area contributed by atoms with Crippen LogP contribution >= 0.6 is 0 Å². The van der Waals surface area contributed by atoms with E-state index in [0.29, 0.717) is 0 Å². The number of ether oxygens (including phenoxy) is 2. The van der Waals surface area contributed by atoms with E-state index < -0.39 is 60.3 Å². The van der Waals surface area contributed by atoms with Gasteiger partial charge in [0, 0.05) is 0 Å². The molecule has 0 unspecified atom stereocenters. The van der Waals surface area contributed by atoms with Gasteiger partial charge < -0.3 is 51.2 Å².